The van der Waals surface area contributed by atoms with Gasteiger partial charge in [0, 0.05) is 18.1 Å². The molecule has 40 heavy (non-hydrogen) atoms. The molecule has 0 bridgehead atoms. The fourth-order valence-corrected chi connectivity index (χ4v) is 12.5. The third-order valence-electron chi connectivity index (χ3n) is 15.0. The van der Waals surface area contributed by atoms with E-state index in [1.807, 2.05) is 0 Å². The number of carbonyl (C=O) groups excluding carboxylic acids is 1. The van der Waals surface area contributed by atoms with Crippen molar-refractivity contribution in [2.24, 2.45) is 62.6 Å². The molecule has 6 nitrogen and oxygen atoms in total. The molecular formula is C34H55NO5. The number of rotatable bonds is 5. The molecule has 0 aromatic carbocycles. The molecule has 0 radical (unpaired) electrons. The van der Waals surface area contributed by atoms with Crippen molar-refractivity contribution in [3.63, 3.8) is 0 Å². The van der Waals surface area contributed by atoms with Crippen molar-refractivity contribution in [3.8, 4) is 0 Å². The molecule has 3 N–H and O–H groups in total. The van der Waals surface area contributed by atoms with Gasteiger partial charge in [0.25, 0.3) is 0 Å². The molecule has 0 aliphatic heterocycles. The van der Waals surface area contributed by atoms with E-state index in [0.717, 1.165) is 64.2 Å². The standard InChI is InChI=1S/C34H55NO5/c1-20(19-36)22-11-16-34(28(37)38)18-17-32(5)23(27(22)34)9-10-25-31(4)14-13-26(40-29(39)35-21-7-8-21)30(2,3)24(31)12-15-33(25,32)6/h20-27,36H,7-19H2,1-6H3,(H,35,39)(H,37,38)/t20-,22+,23?,24?,25?,26-,27?,31+,32-,33-,34+/m1/s1. The van der Waals surface area contributed by atoms with Gasteiger partial charge in [-0.3, -0.25) is 4.79 Å². The van der Waals surface area contributed by atoms with Crippen molar-refractivity contribution in [1.29, 1.82) is 0 Å². The quantitative estimate of drug-likeness (QED) is 0.337. The minimum absolute atomic E-state index is 0.0503. The molecule has 6 fully saturated rings. The molecule has 6 aliphatic carbocycles. The van der Waals surface area contributed by atoms with Gasteiger partial charge in [-0.1, -0.05) is 41.5 Å². The lowest BCUT2D eigenvalue weighted by Gasteiger charge is -2.72. The van der Waals surface area contributed by atoms with E-state index >= 15 is 0 Å². The van der Waals surface area contributed by atoms with Gasteiger partial charge in [-0.05, 0) is 129 Å². The number of nitrogens with one attached hydrogen (secondary N) is 1. The largest absolute Gasteiger partial charge is 0.481 e. The summed E-state index contributed by atoms with van der Waals surface area (Å²) in [5.41, 5.74) is -0.236. The first-order valence-electron chi connectivity index (χ1n) is 16.6. The van der Waals surface area contributed by atoms with Crippen molar-refractivity contribution in [1.82, 2.24) is 5.32 Å². The van der Waals surface area contributed by atoms with E-state index in [4.69, 9.17) is 4.74 Å². The molecule has 0 saturated heterocycles. The number of carboxylic acids is 1. The first-order chi connectivity index (χ1) is 18.7. The fourth-order valence-electron chi connectivity index (χ4n) is 12.5. The van der Waals surface area contributed by atoms with E-state index in [-0.39, 0.29) is 52.3 Å². The lowest BCUT2D eigenvalue weighted by molar-refractivity contribution is -0.249. The molecule has 6 saturated carbocycles. The SMILES string of the molecule is C[C@H](CO)[C@@H]1CC[C@]2(C(=O)O)CC[C@]3(C)C(CCC4[C@@]5(C)CC[C@@H](OC(=O)NC6CC6)C(C)(C)C5CC[C@]43C)C12. The molecule has 6 rings (SSSR count). The second-order valence-corrected chi connectivity index (χ2v) is 16.7. The van der Waals surface area contributed by atoms with Gasteiger partial charge in [0.1, 0.15) is 6.10 Å². The normalized spacial score (nSPS) is 50.0. The van der Waals surface area contributed by atoms with E-state index in [0.29, 0.717) is 29.7 Å². The Kier molecular flexibility index (Phi) is 6.73. The van der Waals surface area contributed by atoms with Gasteiger partial charge < -0.3 is 20.3 Å². The van der Waals surface area contributed by atoms with Crippen LogP contribution in [0.3, 0.4) is 0 Å². The van der Waals surface area contributed by atoms with Crippen LogP contribution in [0.2, 0.25) is 0 Å². The summed E-state index contributed by atoms with van der Waals surface area (Å²) in [6.07, 6.45) is 12.0. The van der Waals surface area contributed by atoms with Crippen LogP contribution in [0.4, 0.5) is 4.79 Å². The van der Waals surface area contributed by atoms with Gasteiger partial charge >= 0.3 is 12.1 Å². The summed E-state index contributed by atoms with van der Waals surface area (Å²) in [7, 11) is 0. The molecule has 0 aromatic heterocycles. The molecule has 6 heteroatoms. The van der Waals surface area contributed by atoms with Crippen LogP contribution in [-0.4, -0.2) is 41.0 Å². The first-order valence-corrected chi connectivity index (χ1v) is 16.6. The summed E-state index contributed by atoms with van der Waals surface area (Å²) in [5.74, 6) is 1.53. The molecule has 0 heterocycles. The maximum Gasteiger partial charge on any atom is 0.407 e. The second kappa shape index (κ2) is 9.35. The van der Waals surface area contributed by atoms with Crippen LogP contribution in [0.1, 0.15) is 119 Å². The number of carboxylic acid groups (broad SMARTS) is 1. The predicted octanol–water partition coefficient (Wildman–Crippen LogP) is 7.04. The first kappa shape index (κ1) is 28.8. The molecule has 1 amide bonds. The zero-order valence-electron chi connectivity index (χ0n) is 25.9. The Labute approximate surface area is 241 Å². The fraction of sp³-hybridized carbons (Fsp3) is 0.941. The minimum Gasteiger partial charge on any atom is -0.481 e. The highest BCUT2D eigenvalue weighted by atomic mass is 16.6. The number of ether oxygens (including phenoxy) is 1. The molecule has 0 spiro atoms. The predicted molar refractivity (Wildman–Crippen MR) is 154 cm³/mol. The third kappa shape index (κ3) is 3.82. The number of aliphatic hydroxyl groups is 1. The Morgan fingerprint density at radius 3 is 2.23 bits per heavy atom. The summed E-state index contributed by atoms with van der Waals surface area (Å²) >= 11 is 0. The van der Waals surface area contributed by atoms with Crippen molar-refractivity contribution in [3.05, 3.63) is 0 Å². The maximum atomic E-state index is 12.9. The van der Waals surface area contributed by atoms with E-state index < -0.39 is 11.4 Å². The van der Waals surface area contributed by atoms with E-state index in [1.165, 1.54) is 12.8 Å². The van der Waals surface area contributed by atoms with Crippen LogP contribution in [0.15, 0.2) is 0 Å². The van der Waals surface area contributed by atoms with E-state index in [2.05, 4.69) is 46.9 Å². The number of amides is 1. The van der Waals surface area contributed by atoms with Gasteiger partial charge in [0.2, 0.25) is 0 Å². The van der Waals surface area contributed by atoms with E-state index in [9.17, 15) is 19.8 Å². The Morgan fingerprint density at radius 1 is 0.850 bits per heavy atom. The Balaban J connectivity index is 1.29. The van der Waals surface area contributed by atoms with Crippen LogP contribution in [0.25, 0.3) is 0 Å². The summed E-state index contributed by atoms with van der Waals surface area (Å²) in [5, 5.41) is 23.8. The van der Waals surface area contributed by atoms with Crippen LogP contribution >= 0.6 is 0 Å². The number of fused-ring (bicyclic) bond motifs is 7. The number of aliphatic carboxylic acids is 1. The molecule has 6 aliphatic rings. The van der Waals surface area contributed by atoms with Crippen molar-refractivity contribution in [2.45, 2.75) is 131 Å². The minimum atomic E-state index is -0.610. The van der Waals surface area contributed by atoms with Gasteiger partial charge in [0.15, 0.2) is 0 Å². The third-order valence-corrected chi connectivity index (χ3v) is 15.0. The molecule has 11 atom stereocenters. The number of hydrogen-bond acceptors (Lipinski definition) is 4. The Morgan fingerprint density at radius 2 is 1.57 bits per heavy atom. The van der Waals surface area contributed by atoms with Gasteiger partial charge in [0.05, 0.1) is 5.41 Å². The van der Waals surface area contributed by atoms with Crippen LogP contribution in [0, 0.1) is 62.6 Å². The highest BCUT2D eigenvalue weighted by Gasteiger charge is 2.72. The molecular weight excluding hydrogens is 502 g/mol. The molecule has 226 valence electrons. The Bertz CT molecular complexity index is 1040. The number of hydrogen-bond donors (Lipinski definition) is 3. The summed E-state index contributed by atoms with van der Waals surface area (Å²) in [6.45, 7) is 14.7. The highest BCUT2D eigenvalue weighted by molar-refractivity contribution is 5.76. The molecule has 4 unspecified atom stereocenters. The van der Waals surface area contributed by atoms with Crippen LogP contribution < -0.4 is 5.32 Å². The lowest BCUT2D eigenvalue weighted by Crippen LogP contribution is -2.67. The number of alkyl carbamates (subject to hydrolysis) is 1. The van der Waals surface area contributed by atoms with Crippen molar-refractivity contribution < 1.29 is 24.5 Å². The summed E-state index contributed by atoms with van der Waals surface area (Å²) < 4.78 is 6.12. The van der Waals surface area contributed by atoms with Crippen molar-refractivity contribution in [2.75, 3.05) is 6.61 Å². The van der Waals surface area contributed by atoms with Gasteiger partial charge in [-0.2, -0.15) is 0 Å². The van der Waals surface area contributed by atoms with Crippen LogP contribution in [0.5, 0.6) is 0 Å². The topological polar surface area (TPSA) is 95.9 Å². The van der Waals surface area contributed by atoms with Gasteiger partial charge in [-0.25, -0.2) is 4.79 Å². The second-order valence-electron chi connectivity index (χ2n) is 16.7. The van der Waals surface area contributed by atoms with E-state index in [1.54, 1.807) is 0 Å². The average Bonchev–Trinajstić information content (AvgIpc) is 3.61. The van der Waals surface area contributed by atoms with Crippen LogP contribution in [-0.2, 0) is 9.53 Å². The van der Waals surface area contributed by atoms with Crippen molar-refractivity contribution >= 4 is 12.1 Å². The maximum absolute atomic E-state index is 12.9. The Hall–Kier alpha value is -1.30. The zero-order chi connectivity index (χ0) is 28.9. The number of carbonyl (C=O) groups is 2. The molecule has 0 aromatic rings. The lowest BCUT2D eigenvalue weighted by atomic mass is 9.32. The highest BCUT2D eigenvalue weighted by Crippen LogP contribution is 2.77. The smallest absolute Gasteiger partial charge is 0.407 e. The summed E-state index contributed by atoms with van der Waals surface area (Å²) in [4.78, 5) is 25.6. The number of aliphatic hydroxyl groups excluding tert-OH is 1. The monoisotopic (exact) mass is 557 g/mol. The summed E-state index contributed by atoms with van der Waals surface area (Å²) in [6, 6.07) is 0.311. The zero-order valence-corrected chi connectivity index (χ0v) is 25.9. The van der Waals surface area contributed by atoms with Gasteiger partial charge in [-0.15, -0.1) is 0 Å². The average molecular weight is 558 g/mol.